The lowest BCUT2D eigenvalue weighted by atomic mass is 9.82. The number of carbonyl (C=O) groups is 1. The van der Waals surface area contributed by atoms with Gasteiger partial charge in [-0.05, 0) is 11.4 Å². The molecule has 0 aliphatic rings. The minimum atomic E-state index is -0.936. The largest absolute Gasteiger partial charge is 0.860 e. The number of rotatable bonds is 6. The van der Waals surface area contributed by atoms with Gasteiger partial charge in [0.2, 0.25) is 11.8 Å². The molecule has 2 aromatic carbocycles. The lowest BCUT2D eigenvalue weighted by Crippen LogP contribution is -2.50. The summed E-state index contributed by atoms with van der Waals surface area (Å²) in [4.78, 5) is 39.6. The Balaban J connectivity index is 2.07. The van der Waals surface area contributed by atoms with Crippen LogP contribution in [0.4, 0.5) is 0 Å². The summed E-state index contributed by atoms with van der Waals surface area (Å²) in [5, 5.41) is 13.3. The number of ketones is 1. The molecule has 0 bridgehead atoms. The fourth-order valence-corrected chi connectivity index (χ4v) is 4.11. The second-order valence-corrected chi connectivity index (χ2v) is 7.81. The van der Waals surface area contributed by atoms with Gasteiger partial charge in [-0.1, -0.05) is 66.7 Å². The highest BCUT2D eigenvalue weighted by Gasteiger charge is 2.41. The molecule has 0 amide bonds. The van der Waals surface area contributed by atoms with Gasteiger partial charge in [-0.3, -0.25) is 14.2 Å². The van der Waals surface area contributed by atoms with Crippen molar-refractivity contribution in [3.8, 4) is 5.88 Å². The molecule has 4 rings (SSSR count). The number of Topliss-reactive ketones (excluding diaryl/α,β-unsaturated/α-hetero) is 1. The monoisotopic (exact) mass is 441 g/mol. The van der Waals surface area contributed by atoms with Gasteiger partial charge in [0.15, 0.2) is 12.4 Å². The van der Waals surface area contributed by atoms with Crippen LogP contribution in [0.1, 0.15) is 33.4 Å². The van der Waals surface area contributed by atoms with E-state index < -0.39 is 29.1 Å². The van der Waals surface area contributed by atoms with Gasteiger partial charge in [-0.15, -0.1) is 0 Å². The maximum Gasteiger partial charge on any atom is 0.329 e. The molecule has 2 heterocycles. The van der Waals surface area contributed by atoms with Crippen molar-refractivity contribution in [3.05, 3.63) is 129 Å². The average molecular weight is 441 g/mol. The number of carbonyl (C=O) groups excluding carboxylic acids is 1. The second-order valence-electron chi connectivity index (χ2n) is 7.81. The van der Waals surface area contributed by atoms with Crippen molar-refractivity contribution in [2.75, 3.05) is 0 Å². The normalized spacial score (nSPS) is 12.8. The molecule has 0 spiro atoms. The number of hydrogen-bond acceptors (Lipinski definition) is 4. The molecule has 4 aromatic rings. The fourth-order valence-electron chi connectivity index (χ4n) is 4.11. The summed E-state index contributed by atoms with van der Waals surface area (Å²) in [7, 11) is 2.67. The van der Waals surface area contributed by atoms with Crippen molar-refractivity contribution in [2.45, 2.75) is 12.0 Å². The summed E-state index contributed by atoms with van der Waals surface area (Å²) < 4.78 is 3.52. The number of benzene rings is 2. The van der Waals surface area contributed by atoms with Crippen LogP contribution in [0, 0.1) is 0 Å². The number of nitrogens with zero attached hydrogens (tertiary/aromatic N) is 3. The van der Waals surface area contributed by atoms with Gasteiger partial charge < -0.3 is 9.67 Å². The van der Waals surface area contributed by atoms with Gasteiger partial charge in [0, 0.05) is 37.4 Å². The van der Waals surface area contributed by atoms with Crippen LogP contribution in [0.5, 0.6) is 5.88 Å². The molecule has 0 aliphatic heterocycles. The molecule has 2 unspecified atom stereocenters. The maximum absolute atomic E-state index is 13.9. The molecule has 0 aliphatic carbocycles. The van der Waals surface area contributed by atoms with Gasteiger partial charge >= 0.3 is 5.69 Å². The van der Waals surface area contributed by atoms with E-state index in [-0.39, 0.29) is 11.3 Å². The predicted octanol–water partition coefficient (Wildman–Crippen LogP) is 1.70. The first-order valence-corrected chi connectivity index (χ1v) is 10.5. The Morgan fingerprint density at radius 1 is 0.818 bits per heavy atom. The van der Waals surface area contributed by atoms with Gasteiger partial charge in [-0.2, -0.15) is 4.57 Å². The first-order valence-electron chi connectivity index (χ1n) is 10.5. The zero-order valence-electron chi connectivity index (χ0n) is 18.3. The van der Waals surface area contributed by atoms with E-state index in [9.17, 15) is 19.5 Å². The molecule has 0 fully saturated rings. The number of hydrogen-bond donors (Lipinski definition) is 0. The third-order valence-corrected chi connectivity index (χ3v) is 5.82. The Hall–Kier alpha value is -4.26. The van der Waals surface area contributed by atoms with Crippen molar-refractivity contribution in [1.29, 1.82) is 0 Å². The molecular formula is C26H23N3O4. The molecule has 7 heteroatoms. The Morgan fingerprint density at radius 3 is 1.97 bits per heavy atom. The van der Waals surface area contributed by atoms with E-state index in [0.717, 1.165) is 9.13 Å². The summed E-state index contributed by atoms with van der Waals surface area (Å²) >= 11 is 0. The summed E-state index contributed by atoms with van der Waals surface area (Å²) in [6, 6.07) is 22.2. The molecule has 33 heavy (non-hydrogen) atoms. The first-order chi connectivity index (χ1) is 15.9. The van der Waals surface area contributed by atoms with Crippen molar-refractivity contribution in [3.63, 3.8) is 0 Å². The van der Waals surface area contributed by atoms with Crippen molar-refractivity contribution in [2.24, 2.45) is 14.1 Å². The molecule has 7 nitrogen and oxygen atoms in total. The Morgan fingerprint density at radius 2 is 1.36 bits per heavy atom. The third kappa shape index (κ3) is 4.01. The lowest BCUT2D eigenvalue weighted by molar-refractivity contribution is -0.710. The number of aromatic nitrogens is 3. The molecule has 0 saturated carbocycles. The van der Waals surface area contributed by atoms with Crippen LogP contribution in [0.3, 0.4) is 0 Å². The van der Waals surface area contributed by atoms with Gasteiger partial charge in [0.05, 0.1) is 5.92 Å². The summed E-state index contributed by atoms with van der Waals surface area (Å²) in [6.45, 7) is 0. The minimum Gasteiger partial charge on any atom is -0.860 e. The minimum absolute atomic E-state index is 0.128. The molecule has 0 radical (unpaired) electrons. The maximum atomic E-state index is 13.9. The Labute approximate surface area is 190 Å². The standard InChI is InChI=1S/C26H23N3O4/c1-27-24(31)21(25(32)28(2)26(27)33)20(18-12-6-3-7-13-18)22(29-16-10-5-11-17-29)23(30)19-14-8-4-9-15-19/h3-17,20,22H,1-2H3. The summed E-state index contributed by atoms with van der Waals surface area (Å²) in [5.74, 6) is -1.89. The van der Waals surface area contributed by atoms with Crippen LogP contribution >= 0.6 is 0 Å². The van der Waals surface area contributed by atoms with Crippen LogP contribution in [0.25, 0.3) is 0 Å². The highest BCUT2D eigenvalue weighted by molar-refractivity contribution is 5.98. The van der Waals surface area contributed by atoms with Crippen LogP contribution in [0.2, 0.25) is 0 Å². The summed E-state index contributed by atoms with van der Waals surface area (Å²) in [5.41, 5.74) is -0.473. The fraction of sp³-hybridized carbons (Fsp3) is 0.154. The van der Waals surface area contributed by atoms with Crippen LogP contribution in [-0.2, 0) is 14.1 Å². The van der Waals surface area contributed by atoms with E-state index in [1.165, 1.54) is 14.1 Å². The van der Waals surface area contributed by atoms with Gasteiger partial charge in [0.1, 0.15) is 0 Å². The highest BCUT2D eigenvalue weighted by atomic mass is 16.3. The van der Waals surface area contributed by atoms with Crippen molar-refractivity contribution < 1.29 is 14.5 Å². The van der Waals surface area contributed by atoms with E-state index in [1.807, 2.05) is 18.2 Å². The Kier molecular flexibility index (Phi) is 6.04. The lowest BCUT2D eigenvalue weighted by Gasteiger charge is -2.28. The van der Waals surface area contributed by atoms with Crippen LogP contribution in [-0.4, -0.2) is 14.9 Å². The summed E-state index contributed by atoms with van der Waals surface area (Å²) in [6.07, 6.45) is 3.47. The Bertz CT molecular complexity index is 1390. The van der Waals surface area contributed by atoms with Crippen molar-refractivity contribution >= 4 is 5.78 Å². The molecule has 0 N–H and O–H groups in total. The van der Waals surface area contributed by atoms with E-state index in [4.69, 9.17) is 0 Å². The zero-order chi connectivity index (χ0) is 23.5. The van der Waals surface area contributed by atoms with Crippen LogP contribution < -0.4 is 20.9 Å². The van der Waals surface area contributed by atoms with E-state index in [1.54, 1.807) is 77.6 Å². The third-order valence-electron chi connectivity index (χ3n) is 5.82. The van der Waals surface area contributed by atoms with E-state index in [0.29, 0.717) is 11.1 Å². The molecule has 2 aromatic heterocycles. The molecule has 2 atom stereocenters. The zero-order valence-corrected chi connectivity index (χ0v) is 18.3. The van der Waals surface area contributed by atoms with Gasteiger partial charge in [0.25, 0.3) is 5.56 Å². The van der Waals surface area contributed by atoms with E-state index in [2.05, 4.69) is 0 Å². The number of pyridine rings is 1. The molecule has 166 valence electrons. The smallest absolute Gasteiger partial charge is 0.329 e. The first kappa shape index (κ1) is 22.0. The predicted molar refractivity (Wildman–Crippen MR) is 121 cm³/mol. The topological polar surface area (TPSA) is 88.0 Å². The quantitative estimate of drug-likeness (QED) is 0.337. The highest BCUT2D eigenvalue weighted by Crippen LogP contribution is 2.35. The van der Waals surface area contributed by atoms with Crippen LogP contribution in [0.15, 0.2) is 101 Å². The van der Waals surface area contributed by atoms with Crippen molar-refractivity contribution in [1.82, 2.24) is 9.13 Å². The molecule has 0 saturated heterocycles. The average Bonchev–Trinajstić information content (AvgIpc) is 2.87. The molecular weight excluding hydrogens is 418 g/mol. The SMILES string of the molecule is Cn1c([O-])c(C(c2ccccc2)C(C(=O)c2ccccc2)[n+]2ccccc2)c(=O)n(C)c1=O. The van der Waals surface area contributed by atoms with Gasteiger partial charge in [-0.25, -0.2) is 4.79 Å². The second kappa shape index (κ2) is 9.08. The van der Waals surface area contributed by atoms with E-state index >= 15 is 0 Å².